The van der Waals surface area contributed by atoms with E-state index in [9.17, 15) is 4.79 Å². The van der Waals surface area contributed by atoms with Gasteiger partial charge in [0, 0.05) is 12.6 Å². The Balaban J connectivity index is 2.11. The lowest BCUT2D eigenvalue weighted by Gasteiger charge is -2.33. The predicted octanol–water partition coefficient (Wildman–Crippen LogP) is 3.19. The Morgan fingerprint density at radius 1 is 1.45 bits per heavy atom. The number of carbonyl (C=O) groups is 1. The molecular formula is C16H23ClN2O. The van der Waals surface area contributed by atoms with Crippen LogP contribution in [0.2, 0.25) is 5.02 Å². The molecule has 1 fully saturated rings. The van der Waals surface area contributed by atoms with Crippen LogP contribution in [0.5, 0.6) is 0 Å². The zero-order chi connectivity index (χ0) is 14.5. The van der Waals surface area contributed by atoms with Crippen LogP contribution in [0, 0.1) is 5.92 Å². The van der Waals surface area contributed by atoms with Gasteiger partial charge < -0.3 is 10.2 Å². The van der Waals surface area contributed by atoms with Gasteiger partial charge in [0.15, 0.2) is 0 Å². The summed E-state index contributed by atoms with van der Waals surface area (Å²) in [6.07, 6.45) is 2.38. The summed E-state index contributed by atoms with van der Waals surface area (Å²) in [4.78, 5) is 14.6. The van der Waals surface area contributed by atoms with Crippen LogP contribution in [0.25, 0.3) is 0 Å². The van der Waals surface area contributed by atoms with Gasteiger partial charge in [-0.05, 0) is 57.8 Å². The smallest absolute Gasteiger partial charge is 0.255 e. The summed E-state index contributed by atoms with van der Waals surface area (Å²) in [6.45, 7) is 7.01. The standard InChI is InChI=1S/C16H23ClN2O/c1-12(2)19(11-13-6-5-9-18-10-13)16(20)14-7-3-4-8-15(14)17/h3-4,7-8,12-13,18H,5-6,9-11H2,1-2H3. The number of piperidine rings is 1. The van der Waals surface area contributed by atoms with Gasteiger partial charge in [-0.3, -0.25) is 4.79 Å². The van der Waals surface area contributed by atoms with Gasteiger partial charge in [-0.25, -0.2) is 0 Å². The molecular weight excluding hydrogens is 272 g/mol. The van der Waals surface area contributed by atoms with E-state index in [4.69, 9.17) is 11.6 Å². The average Bonchev–Trinajstić information content (AvgIpc) is 2.45. The first-order valence-electron chi connectivity index (χ1n) is 7.36. The minimum absolute atomic E-state index is 0.0381. The van der Waals surface area contributed by atoms with Crippen LogP contribution in [0.15, 0.2) is 24.3 Å². The lowest BCUT2D eigenvalue weighted by Crippen LogP contribution is -2.44. The average molecular weight is 295 g/mol. The summed E-state index contributed by atoms with van der Waals surface area (Å²) >= 11 is 6.15. The number of hydrogen-bond donors (Lipinski definition) is 1. The second-order valence-corrected chi connectivity index (χ2v) is 6.15. The third-order valence-corrected chi connectivity index (χ3v) is 4.17. The maximum Gasteiger partial charge on any atom is 0.255 e. The van der Waals surface area contributed by atoms with E-state index < -0.39 is 0 Å². The number of nitrogens with zero attached hydrogens (tertiary/aromatic N) is 1. The van der Waals surface area contributed by atoms with Crippen molar-refractivity contribution in [2.45, 2.75) is 32.7 Å². The molecule has 1 aliphatic heterocycles. The highest BCUT2D eigenvalue weighted by Crippen LogP contribution is 2.20. The Morgan fingerprint density at radius 3 is 2.80 bits per heavy atom. The van der Waals surface area contributed by atoms with Gasteiger partial charge in [0.1, 0.15) is 0 Å². The summed E-state index contributed by atoms with van der Waals surface area (Å²) in [7, 11) is 0. The maximum atomic E-state index is 12.7. The van der Waals surface area contributed by atoms with Crippen molar-refractivity contribution in [2.24, 2.45) is 5.92 Å². The summed E-state index contributed by atoms with van der Waals surface area (Å²) in [5, 5.41) is 3.94. The molecule has 1 heterocycles. The summed E-state index contributed by atoms with van der Waals surface area (Å²) in [6, 6.07) is 7.47. The van der Waals surface area contributed by atoms with Crippen molar-refractivity contribution in [3.05, 3.63) is 34.9 Å². The molecule has 110 valence electrons. The van der Waals surface area contributed by atoms with Crippen LogP contribution in [0.4, 0.5) is 0 Å². The van der Waals surface area contributed by atoms with Crippen molar-refractivity contribution in [1.29, 1.82) is 0 Å². The number of halogens is 1. The number of benzene rings is 1. The van der Waals surface area contributed by atoms with Gasteiger partial charge >= 0.3 is 0 Å². The summed E-state index contributed by atoms with van der Waals surface area (Å²) in [5.41, 5.74) is 0.603. The largest absolute Gasteiger partial charge is 0.336 e. The molecule has 1 aliphatic rings. The molecule has 1 atom stereocenters. The van der Waals surface area contributed by atoms with Crippen molar-refractivity contribution < 1.29 is 4.79 Å². The fourth-order valence-corrected chi connectivity index (χ4v) is 2.89. The van der Waals surface area contributed by atoms with Crippen LogP contribution >= 0.6 is 11.6 Å². The second kappa shape index (κ2) is 7.09. The van der Waals surface area contributed by atoms with E-state index >= 15 is 0 Å². The first-order chi connectivity index (χ1) is 9.59. The monoisotopic (exact) mass is 294 g/mol. The van der Waals surface area contributed by atoms with E-state index in [1.54, 1.807) is 12.1 Å². The number of nitrogens with one attached hydrogen (secondary N) is 1. The van der Waals surface area contributed by atoms with E-state index in [2.05, 4.69) is 19.2 Å². The zero-order valence-electron chi connectivity index (χ0n) is 12.2. The van der Waals surface area contributed by atoms with Gasteiger partial charge in [-0.15, -0.1) is 0 Å². The van der Waals surface area contributed by atoms with E-state index in [0.717, 1.165) is 19.6 Å². The first kappa shape index (κ1) is 15.3. The van der Waals surface area contributed by atoms with Crippen LogP contribution in [0.3, 0.4) is 0 Å². The molecule has 0 spiro atoms. The quantitative estimate of drug-likeness (QED) is 0.925. The van der Waals surface area contributed by atoms with Gasteiger partial charge in [0.05, 0.1) is 10.6 Å². The number of carbonyl (C=O) groups excluding carboxylic acids is 1. The summed E-state index contributed by atoms with van der Waals surface area (Å²) < 4.78 is 0. The lowest BCUT2D eigenvalue weighted by molar-refractivity contribution is 0.0661. The van der Waals surface area contributed by atoms with Crippen molar-refractivity contribution in [3.63, 3.8) is 0 Å². The van der Waals surface area contributed by atoms with Crippen LogP contribution in [-0.4, -0.2) is 36.5 Å². The van der Waals surface area contributed by atoms with E-state index in [1.165, 1.54) is 12.8 Å². The number of rotatable bonds is 4. The third-order valence-electron chi connectivity index (χ3n) is 3.84. The lowest BCUT2D eigenvalue weighted by atomic mass is 9.98. The molecule has 0 saturated carbocycles. The SMILES string of the molecule is CC(C)N(CC1CCCNC1)C(=O)c1ccccc1Cl. The van der Waals surface area contributed by atoms with Gasteiger partial charge in [-0.2, -0.15) is 0 Å². The minimum atomic E-state index is 0.0381. The molecule has 0 bridgehead atoms. The molecule has 1 N–H and O–H groups in total. The highest BCUT2D eigenvalue weighted by atomic mass is 35.5. The van der Waals surface area contributed by atoms with Crippen molar-refractivity contribution in [2.75, 3.05) is 19.6 Å². The second-order valence-electron chi connectivity index (χ2n) is 5.74. The fraction of sp³-hybridized carbons (Fsp3) is 0.562. The molecule has 0 aliphatic carbocycles. The van der Waals surface area contributed by atoms with Crippen molar-refractivity contribution in [1.82, 2.24) is 10.2 Å². The fourth-order valence-electron chi connectivity index (χ4n) is 2.68. The molecule has 0 aromatic heterocycles. The highest BCUT2D eigenvalue weighted by molar-refractivity contribution is 6.33. The van der Waals surface area contributed by atoms with Crippen molar-refractivity contribution >= 4 is 17.5 Å². The predicted molar refractivity (Wildman–Crippen MR) is 83.2 cm³/mol. The Morgan fingerprint density at radius 2 is 2.20 bits per heavy atom. The summed E-state index contributed by atoms with van der Waals surface area (Å²) in [5.74, 6) is 0.578. The van der Waals surface area contributed by atoms with Crippen LogP contribution in [0.1, 0.15) is 37.0 Å². The maximum absolute atomic E-state index is 12.7. The number of amides is 1. The normalized spacial score (nSPS) is 19.1. The van der Waals surface area contributed by atoms with Crippen molar-refractivity contribution in [3.8, 4) is 0 Å². The highest BCUT2D eigenvalue weighted by Gasteiger charge is 2.24. The zero-order valence-corrected chi connectivity index (χ0v) is 13.0. The molecule has 20 heavy (non-hydrogen) atoms. The molecule has 1 amide bonds. The van der Waals surface area contributed by atoms with Crippen LogP contribution in [-0.2, 0) is 0 Å². The molecule has 1 aromatic rings. The molecule has 1 aromatic carbocycles. The minimum Gasteiger partial charge on any atom is -0.336 e. The Labute approximate surface area is 126 Å². The van der Waals surface area contributed by atoms with Gasteiger partial charge in [-0.1, -0.05) is 23.7 Å². The third kappa shape index (κ3) is 3.74. The Kier molecular flexibility index (Phi) is 5.44. The Bertz CT molecular complexity index is 456. The molecule has 0 radical (unpaired) electrons. The topological polar surface area (TPSA) is 32.3 Å². The molecule has 4 heteroatoms. The molecule has 3 nitrogen and oxygen atoms in total. The molecule has 2 rings (SSSR count). The van der Waals surface area contributed by atoms with Crippen LogP contribution < -0.4 is 5.32 Å². The van der Waals surface area contributed by atoms with Gasteiger partial charge in [0.2, 0.25) is 0 Å². The van der Waals surface area contributed by atoms with E-state index in [1.807, 2.05) is 17.0 Å². The molecule has 1 saturated heterocycles. The number of hydrogen-bond acceptors (Lipinski definition) is 2. The van der Waals surface area contributed by atoms with E-state index in [-0.39, 0.29) is 11.9 Å². The van der Waals surface area contributed by atoms with Gasteiger partial charge in [0.25, 0.3) is 5.91 Å². The Hall–Kier alpha value is -1.06. The van der Waals surface area contributed by atoms with E-state index in [0.29, 0.717) is 16.5 Å². The molecule has 1 unspecified atom stereocenters. The first-order valence-corrected chi connectivity index (χ1v) is 7.73.